The standard InChI is InChI=1S/C42H85N3/c1-5-7-9-11-13-15-17-19-21-23-25-27-29-31-33-35-37-45(40-42(4)44-39-41(3)43)38-36-34-32-30-28-26-24-22-20-18-16-14-12-10-8-6-2/h19-22,41-42,44H,5-18,23-40,43H2,1-4H3/b21-19-,22-20-. The maximum absolute atomic E-state index is 5.99. The Labute approximate surface area is 285 Å². The number of hydrogen-bond acceptors (Lipinski definition) is 3. The Bertz CT molecular complexity index is 557. The van der Waals surface area contributed by atoms with E-state index in [2.05, 4.69) is 62.2 Å². The van der Waals surface area contributed by atoms with E-state index in [9.17, 15) is 0 Å². The second kappa shape index (κ2) is 37.8. The molecule has 0 aromatic heterocycles. The Hall–Kier alpha value is -0.640. The number of hydrogen-bond donors (Lipinski definition) is 2. The molecule has 0 radical (unpaired) electrons. The zero-order valence-corrected chi connectivity index (χ0v) is 31.6. The Morgan fingerprint density at radius 1 is 0.467 bits per heavy atom. The summed E-state index contributed by atoms with van der Waals surface area (Å²) in [6.45, 7) is 13.6. The summed E-state index contributed by atoms with van der Waals surface area (Å²) < 4.78 is 0. The molecular weight excluding hydrogens is 546 g/mol. The number of nitrogens with zero attached hydrogens (tertiary/aromatic N) is 1. The van der Waals surface area contributed by atoms with Gasteiger partial charge in [-0.1, -0.05) is 154 Å². The van der Waals surface area contributed by atoms with Crippen molar-refractivity contribution in [3.05, 3.63) is 24.3 Å². The van der Waals surface area contributed by atoms with Crippen molar-refractivity contribution in [1.29, 1.82) is 0 Å². The highest BCUT2D eigenvalue weighted by Gasteiger charge is 2.10. The van der Waals surface area contributed by atoms with Crippen LogP contribution < -0.4 is 11.1 Å². The van der Waals surface area contributed by atoms with E-state index in [1.54, 1.807) is 0 Å². The molecule has 0 fully saturated rings. The first kappa shape index (κ1) is 44.4. The molecule has 2 unspecified atom stereocenters. The van der Waals surface area contributed by atoms with E-state index >= 15 is 0 Å². The van der Waals surface area contributed by atoms with Gasteiger partial charge in [-0.15, -0.1) is 0 Å². The first-order valence-electron chi connectivity index (χ1n) is 20.6. The minimum atomic E-state index is 0.229. The maximum Gasteiger partial charge on any atom is 0.0167 e. The lowest BCUT2D eigenvalue weighted by Gasteiger charge is -2.27. The van der Waals surface area contributed by atoms with Gasteiger partial charge in [0.25, 0.3) is 0 Å². The first-order chi connectivity index (χ1) is 22.1. The third kappa shape index (κ3) is 37.7. The Morgan fingerprint density at radius 3 is 1.11 bits per heavy atom. The zero-order valence-electron chi connectivity index (χ0n) is 31.6. The molecule has 2 atom stereocenters. The van der Waals surface area contributed by atoms with Crippen LogP contribution in [0, 0.1) is 0 Å². The molecule has 0 aromatic rings. The highest BCUT2D eigenvalue weighted by atomic mass is 15.1. The molecule has 0 aromatic carbocycles. The summed E-state index contributed by atoms with van der Waals surface area (Å²) in [4.78, 5) is 2.74. The van der Waals surface area contributed by atoms with Crippen molar-refractivity contribution in [2.45, 2.75) is 220 Å². The molecule has 0 spiro atoms. The van der Waals surface area contributed by atoms with Crippen molar-refractivity contribution in [1.82, 2.24) is 10.2 Å². The molecule has 268 valence electrons. The third-order valence-corrected chi connectivity index (χ3v) is 9.29. The van der Waals surface area contributed by atoms with Gasteiger partial charge in [-0.05, 0) is 91.1 Å². The van der Waals surface area contributed by atoms with Crippen molar-refractivity contribution in [3.63, 3.8) is 0 Å². The van der Waals surface area contributed by atoms with Crippen LogP contribution >= 0.6 is 0 Å². The zero-order chi connectivity index (χ0) is 32.9. The fraction of sp³-hybridized carbons (Fsp3) is 0.905. The predicted molar refractivity (Wildman–Crippen MR) is 206 cm³/mol. The lowest BCUT2D eigenvalue weighted by Crippen LogP contribution is -2.43. The molecule has 3 nitrogen and oxygen atoms in total. The van der Waals surface area contributed by atoms with Gasteiger partial charge in [0.15, 0.2) is 0 Å². The highest BCUT2D eigenvalue weighted by molar-refractivity contribution is 4.82. The van der Waals surface area contributed by atoms with Crippen LogP contribution in [0.2, 0.25) is 0 Å². The van der Waals surface area contributed by atoms with Crippen LogP contribution in [0.25, 0.3) is 0 Å². The number of rotatable bonds is 37. The van der Waals surface area contributed by atoms with Crippen LogP contribution in [0.1, 0.15) is 207 Å². The summed E-state index contributed by atoms with van der Waals surface area (Å²) in [5, 5.41) is 3.65. The van der Waals surface area contributed by atoms with Gasteiger partial charge in [0.2, 0.25) is 0 Å². The monoisotopic (exact) mass is 632 g/mol. The number of allylic oxidation sites excluding steroid dienone is 4. The van der Waals surface area contributed by atoms with Crippen molar-refractivity contribution in [3.8, 4) is 0 Å². The Kier molecular flexibility index (Phi) is 37.3. The van der Waals surface area contributed by atoms with Gasteiger partial charge in [-0.3, -0.25) is 0 Å². The highest BCUT2D eigenvalue weighted by Crippen LogP contribution is 2.13. The SMILES string of the molecule is CCCCCCCC/C=C\CCCCCCCCN(CCCCCCCC/C=C\CCCCCCCC)CC(C)NCC(C)N. The number of nitrogens with two attached hydrogens (primary N) is 1. The number of nitrogens with one attached hydrogen (secondary N) is 1. The van der Waals surface area contributed by atoms with Gasteiger partial charge in [-0.25, -0.2) is 0 Å². The molecule has 0 saturated carbocycles. The topological polar surface area (TPSA) is 41.3 Å². The summed E-state index contributed by atoms with van der Waals surface area (Å²) >= 11 is 0. The lowest BCUT2D eigenvalue weighted by atomic mass is 10.1. The summed E-state index contributed by atoms with van der Waals surface area (Å²) in [6, 6.07) is 0.742. The quantitative estimate of drug-likeness (QED) is 0.0529. The van der Waals surface area contributed by atoms with Crippen LogP contribution in [0.4, 0.5) is 0 Å². The van der Waals surface area contributed by atoms with Crippen molar-refractivity contribution >= 4 is 0 Å². The van der Waals surface area contributed by atoms with Crippen molar-refractivity contribution < 1.29 is 0 Å². The lowest BCUT2D eigenvalue weighted by molar-refractivity contribution is 0.235. The Morgan fingerprint density at radius 2 is 0.778 bits per heavy atom. The smallest absolute Gasteiger partial charge is 0.0167 e. The van der Waals surface area contributed by atoms with Crippen LogP contribution in [0.3, 0.4) is 0 Å². The molecule has 45 heavy (non-hydrogen) atoms. The summed E-state index contributed by atoms with van der Waals surface area (Å²) in [5.41, 5.74) is 5.99. The molecule has 0 aliphatic heterocycles. The van der Waals surface area contributed by atoms with Crippen molar-refractivity contribution in [2.75, 3.05) is 26.2 Å². The van der Waals surface area contributed by atoms with Gasteiger partial charge in [-0.2, -0.15) is 0 Å². The summed E-state index contributed by atoms with van der Waals surface area (Å²) in [5.74, 6) is 0. The molecule has 3 N–H and O–H groups in total. The van der Waals surface area contributed by atoms with Crippen LogP contribution in [-0.4, -0.2) is 43.2 Å². The number of unbranched alkanes of at least 4 members (excludes halogenated alkanes) is 24. The fourth-order valence-electron chi connectivity index (χ4n) is 6.30. The average molecular weight is 632 g/mol. The van der Waals surface area contributed by atoms with E-state index in [1.165, 1.54) is 193 Å². The third-order valence-electron chi connectivity index (χ3n) is 9.29. The second-order valence-corrected chi connectivity index (χ2v) is 14.5. The molecular formula is C42H85N3. The van der Waals surface area contributed by atoms with Crippen LogP contribution in [-0.2, 0) is 0 Å². The minimum Gasteiger partial charge on any atom is -0.327 e. The molecule has 0 heterocycles. The van der Waals surface area contributed by atoms with E-state index in [4.69, 9.17) is 5.73 Å². The fourth-order valence-corrected chi connectivity index (χ4v) is 6.30. The summed E-state index contributed by atoms with van der Waals surface area (Å²) in [6.07, 6.45) is 48.4. The molecule has 0 aliphatic rings. The molecule has 0 aliphatic carbocycles. The molecule has 0 bridgehead atoms. The van der Waals surface area contributed by atoms with E-state index < -0.39 is 0 Å². The molecule has 0 saturated heterocycles. The van der Waals surface area contributed by atoms with E-state index in [-0.39, 0.29) is 6.04 Å². The van der Waals surface area contributed by atoms with E-state index in [1.807, 2.05) is 0 Å². The van der Waals surface area contributed by atoms with Crippen molar-refractivity contribution in [2.24, 2.45) is 5.73 Å². The molecule has 0 rings (SSSR count). The van der Waals surface area contributed by atoms with E-state index in [0.717, 1.165) is 13.1 Å². The maximum atomic E-state index is 5.99. The first-order valence-corrected chi connectivity index (χ1v) is 20.6. The second-order valence-electron chi connectivity index (χ2n) is 14.5. The average Bonchev–Trinajstić information content (AvgIpc) is 3.03. The largest absolute Gasteiger partial charge is 0.327 e. The van der Waals surface area contributed by atoms with Crippen LogP contribution in [0.5, 0.6) is 0 Å². The predicted octanol–water partition coefficient (Wildman–Crippen LogP) is 12.7. The normalized spacial score (nSPS) is 13.6. The van der Waals surface area contributed by atoms with Gasteiger partial charge in [0.05, 0.1) is 0 Å². The molecule has 3 heteroatoms. The van der Waals surface area contributed by atoms with Gasteiger partial charge >= 0.3 is 0 Å². The Balaban J connectivity index is 3.89. The minimum absolute atomic E-state index is 0.229. The summed E-state index contributed by atoms with van der Waals surface area (Å²) in [7, 11) is 0. The van der Waals surface area contributed by atoms with Gasteiger partial charge in [0, 0.05) is 25.2 Å². The molecule has 0 amide bonds. The van der Waals surface area contributed by atoms with E-state index in [0.29, 0.717) is 6.04 Å². The van der Waals surface area contributed by atoms with Gasteiger partial charge in [0.1, 0.15) is 0 Å². The van der Waals surface area contributed by atoms with Gasteiger partial charge < -0.3 is 16.0 Å². The van der Waals surface area contributed by atoms with Crippen LogP contribution in [0.15, 0.2) is 24.3 Å².